The molecule has 0 spiro atoms. The van der Waals surface area contributed by atoms with Crippen molar-refractivity contribution in [3.05, 3.63) is 0 Å². The Hall–Kier alpha value is -0.650. The number of hydrogen-bond donors (Lipinski definition) is 2. The third-order valence-electron chi connectivity index (χ3n) is 4.02. The van der Waals surface area contributed by atoms with Gasteiger partial charge in [-0.15, -0.1) is 0 Å². The van der Waals surface area contributed by atoms with Crippen molar-refractivity contribution in [3.63, 3.8) is 0 Å². The quantitative estimate of drug-likeness (QED) is 0.697. The molecule has 1 amide bonds. The van der Waals surface area contributed by atoms with Crippen LogP contribution in [-0.2, 0) is 4.79 Å². The van der Waals surface area contributed by atoms with Crippen molar-refractivity contribution in [2.45, 2.75) is 26.3 Å². The van der Waals surface area contributed by atoms with E-state index in [1.165, 1.54) is 0 Å². The zero-order valence-corrected chi connectivity index (χ0v) is 12.3. The Morgan fingerprint density at radius 2 is 2.00 bits per heavy atom. The van der Waals surface area contributed by atoms with Crippen molar-refractivity contribution in [1.29, 1.82) is 0 Å². The van der Waals surface area contributed by atoms with Gasteiger partial charge in [0.25, 0.3) is 0 Å². The molecule has 0 unspecified atom stereocenters. The van der Waals surface area contributed by atoms with Crippen molar-refractivity contribution >= 4 is 5.91 Å². The molecule has 110 valence electrons. The van der Waals surface area contributed by atoms with Crippen LogP contribution < -0.4 is 10.6 Å². The number of rotatable bonds is 6. The van der Waals surface area contributed by atoms with E-state index in [1.54, 1.807) is 0 Å². The van der Waals surface area contributed by atoms with E-state index in [-0.39, 0.29) is 5.91 Å². The van der Waals surface area contributed by atoms with Crippen LogP contribution in [0.5, 0.6) is 0 Å². The summed E-state index contributed by atoms with van der Waals surface area (Å²) >= 11 is 0. The average molecular weight is 268 g/mol. The van der Waals surface area contributed by atoms with Crippen LogP contribution in [-0.4, -0.2) is 74.1 Å². The predicted octanol–water partition coefficient (Wildman–Crippen LogP) is -0.262. The SMILES string of the molecule is CC(C)CCNC(=O)CN1CC(N2CCNCC2)C1. The summed E-state index contributed by atoms with van der Waals surface area (Å²) in [5.74, 6) is 0.834. The van der Waals surface area contributed by atoms with Gasteiger partial charge in [0.1, 0.15) is 0 Å². The second-order valence-electron chi connectivity index (χ2n) is 6.17. The smallest absolute Gasteiger partial charge is 0.234 e. The molecule has 0 atom stereocenters. The Labute approximate surface area is 116 Å². The van der Waals surface area contributed by atoms with Crippen LogP contribution in [0.1, 0.15) is 20.3 Å². The molecule has 0 saturated carbocycles. The highest BCUT2D eigenvalue weighted by atomic mass is 16.2. The number of carbonyl (C=O) groups is 1. The van der Waals surface area contributed by atoms with Gasteiger partial charge in [-0.25, -0.2) is 0 Å². The fourth-order valence-electron chi connectivity index (χ4n) is 2.71. The summed E-state index contributed by atoms with van der Waals surface area (Å²) in [6.07, 6.45) is 1.06. The summed E-state index contributed by atoms with van der Waals surface area (Å²) in [4.78, 5) is 16.5. The third kappa shape index (κ3) is 4.75. The molecular weight excluding hydrogens is 240 g/mol. The van der Waals surface area contributed by atoms with Gasteiger partial charge >= 0.3 is 0 Å². The van der Waals surface area contributed by atoms with Gasteiger partial charge in [0.2, 0.25) is 5.91 Å². The lowest BCUT2D eigenvalue weighted by atomic mass is 10.1. The van der Waals surface area contributed by atoms with E-state index in [2.05, 4.69) is 34.3 Å². The Morgan fingerprint density at radius 1 is 1.32 bits per heavy atom. The van der Waals surface area contributed by atoms with Crippen molar-refractivity contribution in [2.24, 2.45) is 5.92 Å². The first kappa shape index (κ1) is 14.8. The van der Waals surface area contributed by atoms with Crippen LogP contribution in [0, 0.1) is 5.92 Å². The van der Waals surface area contributed by atoms with E-state index in [1.807, 2.05) is 0 Å². The first-order chi connectivity index (χ1) is 9.15. The molecule has 0 aromatic carbocycles. The second kappa shape index (κ2) is 7.22. The van der Waals surface area contributed by atoms with E-state index < -0.39 is 0 Å². The van der Waals surface area contributed by atoms with Crippen LogP contribution in [0.4, 0.5) is 0 Å². The molecule has 0 radical (unpaired) electrons. The molecule has 19 heavy (non-hydrogen) atoms. The lowest BCUT2D eigenvalue weighted by Gasteiger charge is -2.46. The third-order valence-corrected chi connectivity index (χ3v) is 4.02. The van der Waals surface area contributed by atoms with Crippen molar-refractivity contribution in [1.82, 2.24) is 20.4 Å². The fourth-order valence-corrected chi connectivity index (χ4v) is 2.71. The molecule has 0 aromatic rings. The van der Waals surface area contributed by atoms with Crippen molar-refractivity contribution in [3.8, 4) is 0 Å². The summed E-state index contributed by atoms with van der Waals surface area (Å²) in [6, 6.07) is 0.672. The van der Waals surface area contributed by atoms with Gasteiger partial charge in [-0.2, -0.15) is 0 Å². The number of likely N-dealkylation sites (tertiary alicyclic amines) is 1. The van der Waals surface area contributed by atoms with Crippen LogP contribution in [0.2, 0.25) is 0 Å². The zero-order chi connectivity index (χ0) is 13.7. The van der Waals surface area contributed by atoms with Gasteiger partial charge in [-0.3, -0.25) is 14.6 Å². The highest BCUT2D eigenvalue weighted by Crippen LogP contribution is 2.14. The maximum absolute atomic E-state index is 11.7. The van der Waals surface area contributed by atoms with Crippen molar-refractivity contribution < 1.29 is 4.79 Å². The number of nitrogens with one attached hydrogen (secondary N) is 2. The Morgan fingerprint density at radius 3 is 2.63 bits per heavy atom. The summed E-state index contributed by atoms with van der Waals surface area (Å²) < 4.78 is 0. The normalized spacial score (nSPS) is 22.5. The summed E-state index contributed by atoms with van der Waals surface area (Å²) in [6.45, 7) is 12.4. The molecule has 2 aliphatic heterocycles. The minimum atomic E-state index is 0.180. The van der Waals surface area contributed by atoms with Crippen molar-refractivity contribution in [2.75, 3.05) is 52.4 Å². The maximum atomic E-state index is 11.7. The lowest BCUT2D eigenvalue weighted by Crippen LogP contribution is -2.63. The first-order valence-electron chi connectivity index (χ1n) is 7.59. The maximum Gasteiger partial charge on any atom is 0.234 e. The molecular formula is C14H28N4O. The van der Waals surface area contributed by atoms with Crippen LogP contribution in [0.15, 0.2) is 0 Å². The fraction of sp³-hybridized carbons (Fsp3) is 0.929. The summed E-state index contributed by atoms with van der Waals surface area (Å²) in [5.41, 5.74) is 0. The van der Waals surface area contributed by atoms with E-state index >= 15 is 0 Å². The highest BCUT2D eigenvalue weighted by molar-refractivity contribution is 5.78. The molecule has 0 aromatic heterocycles. The number of carbonyl (C=O) groups excluding carboxylic acids is 1. The number of hydrogen-bond acceptors (Lipinski definition) is 4. The van der Waals surface area contributed by atoms with E-state index in [9.17, 15) is 4.79 Å². The molecule has 5 heteroatoms. The molecule has 0 bridgehead atoms. The number of piperazine rings is 1. The zero-order valence-electron chi connectivity index (χ0n) is 12.3. The minimum Gasteiger partial charge on any atom is -0.355 e. The molecule has 0 aliphatic carbocycles. The summed E-state index contributed by atoms with van der Waals surface area (Å²) in [7, 11) is 0. The standard InChI is InChI=1S/C14H28N4O/c1-12(2)3-4-16-14(19)11-17-9-13(10-17)18-7-5-15-6-8-18/h12-13,15H,3-11H2,1-2H3,(H,16,19). The predicted molar refractivity (Wildman–Crippen MR) is 77.1 cm³/mol. The molecule has 2 fully saturated rings. The van der Waals surface area contributed by atoms with Crippen LogP contribution >= 0.6 is 0 Å². The Kier molecular flexibility index (Phi) is 5.60. The molecule has 5 nitrogen and oxygen atoms in total. The van der Waals surface area contributed by atoms with Gasteiger partial charge in [0, 0.05) is 51.9 Å². The summed E-state index contributed by atoms with van der Waals surface area (Å²) in [5, 5.41) is 6.38. The largest absolute Gasteiger partial charge is 0.355 e. The van der Waals surface area contributed by atoms with Gasteiger partial charge < -0.3 is 10.6 Å². The minimum absolute atomic E-state index is 0.180. The Bertz CT molecular complexity index is 283. The molecule has 2 N–H and O–H groups in total. The van der Waals surface area contributed by atoms with Gasteiger partial charge in [-0.1, -0.05) is 13.8 Å². The van der Waals surface area contributed by atoms with E-state index in [0.717, 1.165) is 52.2 Å². The first-order valence-corrected chi connectivity index (χ1v) is 7.59. The monoisotopic (exact) mass is 268 g/mol. The van der Waals surface area contributed by atoms with Gasteiger partial charge in [0.05, 0.1) is 6.54 Å². The van der Waals surface area contributed by atoms with E-state index in [4.69, 9.17) is 0 Å². The molecule has 2 saturated heterocycles. The van der Waals surface area contributed by atoms with Crippen LogP contribution in [0.25, 0.3) is 0 Å². The lowest BCUT2D eigenvalue weighted by molar-refractivity contribution is -0.124. The number of nitrogens with zero attached hydrogens (tertiary/aromatic N) is 2. The number of amides is 1. The van der Waals surface area contributed by atoms with Gasteiger partial charge in [0.15, 0.2) is 0 Å². The second-order valence-corrected chi connectivity index (χ2v) is 6.17. The molecule has 2 heterocycles. The highest BCUT2D eigenvalue weighted by Gasteiger charge is 2.32. The molecule has 2 aliphatic rings. The van der Waals surface area contributed by atoms with E-state index in [0.29, 0.717) is 18.5 Å². The molecule has 2 rings (SSSR count). The topological polar surface area (TPSA) is 47.6 Å². The van der Waals surface area contributed by atoms with Crippen LogP contribution in [0.3, 0.4) is 0 Å². The van der Waals surface area contributed by atoms with Gasteiger partial charge in [-0.05, 0) is 12.3 Å². The average Bonchev–Trinajstić information content (AvgIpc) is 2.34. The Balaban J connectivity index is 1.55.